The van der Waals surface area contributed by atoms with Gasteiger partial charge in [0, 0.05) is 12.6 Å². The van der Waals surface area contributed by atoms with E-state index in [1.54, 1.807) is 0 Å². The molecule has 2 heteroatoms. The lowest BCUT2D eigenvalue weighted by Gasteiger charge is -2.31. The molecule has 0 radical (unpaired) electrons. The zero-order chi connectivity index (χ0) is 10.1. The Bertz CT molecular complexity index is 335. The fraction of sp³-hybridized carbons (Fsp3) is 0.500. The summed E-state index contributed by atoms with van der Waals surface area (Å²) in [5, 5.41) is 9.05. The molecule has 1 aliphatic heterocycles. The number of fused-ring (bicyclic) bond motifs is 1. The zero-order valence-electron chi connectivity index (χ0n) is 8.83. The number of aliphatic hydroxyl groups is 1. The molecule has 1 aromatic rings. The van der Waals surface area contributed by atoms with E-state index in [1.807, 2.05) is 6.07 Å². The highest BCUT2D eigenvalue weighted by atomic mass is 16.3. The van der Waals surface area contributed by atoms with Crippen molar-refractivity contribution < 1.29 is 5.11 Å². The number of aliphatic hydroxyl groups excluding tert-OH is 1. The third-order valence-corrected chi connectivity index (χ3v) is 3.14. The van der Waals surface area contributed by atoms with Gasteiger partial charge in [-0.25, -0.2) is 0 Å². The standard InChI is InChI=1S/C12H17NO/c1-9-5-12-6-10(8-14)3-4-11(12)7-13(9)2/h3-4,6,9,14H,5,7-8H2,1-2H3. The SMILES string of the molecule is CC1Cc2cc(CO)ccc2CN1C. The summed E-state index contributed by atoms with van der Waals surface area (Å²) in [5.74, 6) is 0. The summed E-state index contributed by atoms with van der Waals surface area (Å²) in [7, 11) is 2.16. The van der Waals surface area contributed by atoms with Gasteiger partial charge >= 0.3 is 0 Å². The number of rotatable bonds is 1. The lowest BCUT2D eigenvalue weighted by molar-refractivity contribution is 0.230. The second-order valence-corrected chi connectivity index (χ2v) is 4.23. The Hall–Kier alpha value is -0.860. The van der Waals surface area contributed by atoms with E-state index in [9.17, 15) is 0 Å². The van der Waals surface area contributed by atoms with E-state index >= 15 is 0 Å². The van der Waals surface area contributed by atoms with Crippen molar-refractivity contribution in [3.8, 4) is 0 Å². The summed E-state index contributed by atoms with van der Waals surface area (Å²) in [4.78, 5) is 2.36. The Morgan fingerprint density at radius 1 is 1.43 bits per heavy atom. The highest BCUT2D eigenvalue weighted by Crippen LogP contribution is 2.22. The van der Waals surface area contributed by atoms with Crippen molar-refractivity contribution in [1.82, 2.24) is 4.90 Å². The Balaban J connectivity index is 2.33. The quantitative estimate of drug-likeness (QED) is 0.728. The van der Waals surface area contributed by atoms with Gasteiger partial charge in [0.1, 0.15) is 0 Å². The molecule has 0 amide bonds. The van der Waals surface area contributed by atoms with Crippen LogP contribution < -0.4 is 0 Å². The predicted molar refractivity (Wildman–Crippen MR) is 57.0 cm³/mol. The van der Waals surface area contributed by atoms with Crippen molar-refractivity contribution in [3.63, 3.8) is 0 Å². The van der Waals surface area contributed by atoms with Crippen molar-refractivity contribution in [3.05, 3.63) is 34.9 Å². The second kappa shape index (κ2) is 3.71. The minimum atomic E-state index is 0.150. The lowest BCUT2D eigenvalue weighted by Crippen LogP contribution is -2.35. The summed E-state index contributed by atoms with van der Waals surface area (Å²) >= 11 is 0. The highest BCUT2D eigenvalue weighted by molar-refractivity contribution is 5.34. The maximum atomic E-state index is 9.05. The summed E-state index contributed by atoms with van der Waals surface area (Å²) in [6, 6.07) is 6.90. The molecule has 0 saturated heterocycles. The van der Waals surface area contributed by atoms with Crippen molar-refractivity contribution in [2.24, 2.45) is 0 Å². The van der Waals surface area contributed by atoms with Gasteiger partial charge in [-0.2, -0.15) is 0 Å². The molecule has 2 nitrogen and oxygen atoms in total. The third kappa shape index (κ3) is 1.68. The maximum absolute atomic E-state index is 9.05. The van der Waals surface area contributed by atoms with Crippen LogP contribution in [0, 0.1) is 0 Å². The molecule has 0 aliphatic carbocycles. The lowest BCUT2D eigenvalue weighted by atomic mass is 9.94. The number of likely N-dealkylation sites (N-methyl/N-ethyl adjacent to an activating group) is 1. The monoisotopic (exact) mass is 191 g/mol. The van der Waals surface area contributed by atoms with Gasteiger partial charge in [-0.05, 0) is 37.1 Å². The average Bonchev–Trinajstić information content (AvgIpc) is 2.19. The van der Waals surface area contributed by atoms with Gasteiger partial charge in [-0.15, -0.1) is 0 Å². The molecule has 1 aromatic carbocycles. The predicted octanol–water partition coefficient (Wildman–Crippen LogP) is 1.56. The summed E-state index contributed by atoms with van der Waals surface area (Å²) < 4.78 is 0. The van der Waals surface area contributed by atoms with E-state index in [0.29, 0.717) is 6.04 Å². The molecule has 0 saturated carbocycles. The normalized spacial score (nSPS) is 22.1. The first kappa shape index (κ1) is 9.69. The van der Waals surface area contributed by atoms with Crippen molar-refractivity contribution in [1.29, 1.82) is 0 Å². The van der Waals surface area contributed by atoms with Crippen molar-refractivity contribution in [2.45, 2.75) is 32.5 Å². The molecule has 1 heterocycles. The van der Waals surface area contributed by atoms with Crippen LogP contribution in [0.1, 0.15) is 23.6 Å². The Morgan fingerprint density at radius 3 is 2.93 bits per heavy atom. The van der Waals surface area contributed by atoms with E-state index in [0.717, 1.165) is 18.5 Å². The first-order valence-electron chi connectivity index (χ1n) is 5.12. The molecule has 0 aromatic heterocycles. The number of nitrogens with zero attached hydrogens (tertiary/aromatic N) is 1. The van der Waals surface area contributed by atoms with Crippen LogP contribution >= 0.6 is 0 Å². The number of benzene rings is 1. The molecule has 1 N–H and O–H groups in total. The first-order chi connectivity index (χ1) is 6.70. The van der Waals surface area contributed by atoms with Crippen LogP contribution in [0.5, 0.6) is 0 Å². The molecule has 1 aliphatic rings. The largest absolute Gasteiger partial charge is 0.392 e. The molecule has 2 rings (SSSR count). The second-order valence-electron chi connectivity index (χ2n) is 4.23. The molecule has 14 heavy (non-hydrogen) atoms. The molecule has 1 atom stereocenters. The molecule has 76 valence electrons. The van der Waals surface area contributed by atoms with Gasteiger partial charge in [0.25, 0.3) is 0 Å². The number of hydrogen-bond donors (Lipinski definition) is 1. The molecular formula is C12H17NO. The molecule has 0 bridgehead atoms. The van der Waals surface area contributed by atoms with Crippen LogP contribution in [0.15, 0.2) is 18.2 Å². The minimum Gasteiger partial charge on any atom is -0.392 e. The van der Waals surface area contributed by atoms with Gasteiger partial charge in [0.05, 0.1) is 6.61 Å². The third-order valence-electron chi connectivity index (χ3n) is 3.14. The summed E-state index contributed by atoms with van der Waals surface area (Å²) in [6.07, 6.45) is 1.10. The fourth-order valence-electron chi connectivity index (χ4n) is 2.02. The van der Waals surface area contributed by atoms with E-state index in [2.05, 4.69) is 31.0 Å². The smallest absolute Gasteiger partial charge is 0.0681 e. The average molecular weight is 191 g/mol. The molecular weight excluding hydrogens is 174 g/mol. The van der Waals surface area contributed by atoms with E-state index in [1.165, 1.54) is 11.1 Å². The van der Waals surface area contributed by atoms with Crippen LogP contribution in [0.4, 0.5) is 0 Å². The summed E-state index contributed by atoms with van der Waals surface area (Å²) in [6.45, 7) is 3.42. The van der Waals surface area contributed by atoms with Gasteiger partial charge in [-0.3, -0.25) is 4.90 Å². The fourth-order valence-corrected chi connectivity index (χ4v) is 2.02. The van der Waals surface area contributed by atoms with E-state index in [-0.39, 0.29) is 6.61 Å². The highest BCUT2D eigenvalue weighted by Gasteiger charge is 2.19. The Kier molecular flexibility index (Phi) is 2.57. The summed E-state index contributed by atoms with van der Waals surface area (Å²) in [5.41, 5.74) is 3.84. The molecule has 0 fully saturated rings. The van der Waals surface area contributed by atoms with Gasteiger partial charge in [0.15, 0.2) is 0 Å². The van der Waals surface area contributed by atoms with Crippen LogP contribution in [0.2, 0.25) is 0 Å². The van der Waals surface area contributed by atoms with Crippen LogP contribution in [0.25, 0.3) is 0 Å². The van der Waals surface area contributed by atoms with E-state index < -0.39 is 0 Å². The van der Waals surface area contributed by atoms with Crippen LogP contribution in [-0.2, 0) is 19.6 Å². The van der Waals surface area contributed by atoms with Gasteiger partial charge in [0.2, 0.25) is 0 Å². The minimum absolute atomic E-state index is 0.150. The Morgan fingerprint density at radius 2 is 2.21 bits per heavy atom. The van der Waals surface area contributed by atoms with Crippen LogP contribution in [0.3, 0.4) is 0 Å². The van der Waals surface area contributed by atoms with Gasteiger partial charge < -0.3 is 5.11 Å². The maximum Gasteiger partial charge on any atom is 0.0681 e. The van der Waals surface area contributed by atoms with Gasteiger partial charge in [-0.1, -0.05) is 18.2 Å². The van der Waals surface area contributed by atoms with Crippen molar-refractivity contribution in [2.75, 3.05) is 7.05 Å². The molecule has 1 unspecified atom stereocenters. The topological polar surface area (TPSA) is 23.5 Å². The first-order valence-corrected chi connectivity index (χ1v) is 5.12. The van der Waals surface area contributed by atoms with E-state index in [4.69, 9.17) is 5.11 Å². The number of hydrogen-bond acceptors (Lipinski definition) is 2. The molecule has 0 spiro atoms. The zero-order valence-corrected chi connectivity index (χ0v) is 8.83. The Labute approximate surface area is 85.2 Å². The van der Waals surface area contributed by atoms with Crippen LogP contribution in [-0.4, -0.2) is 23.1 Å². The van der Waals surface area contributed by atoms with Crippen molar-refractivity contribution >= 4 is 0 Å².